The van der Waals surface area contributed by atoms with Gasteiger partial charge in [-0.05, 0) is 17.2 Å². The molecule has 0 radical (unpaired) electrons. The van der Waals surface area contributed by atoms with E-state index < -0.39 is 24.0 Å². The highest BCUT2D eigenvalue weighted by Crippen LogP contribution is 2.36. The Kier molecular flexibility index (Phi) is 3.29. The van der Waals surface area contributed by atoms with Gasteiger partial charge in [-0.25, -0.2) is 5.43 Å². The quantitative estimate of drug-likeness (QED) is 0.670. The molecule has 8 heteroatoms. The molecule has 5 nitrogen and oxygen atoms in total. The molecule has 2 heterocycles. The number of nitrogens with two attached hydrogens (primary N) is 1. The molecule has 3 rings (SSSR count). The predicted molar refractivity (Wildman–Crippen MR) is 69.6 cm³/mol. The Morgan fingerprint density at radius 2 is 2.05 bits per heavy atom. The van der Waals surface area contributed by atoms with Gasteiger partial charge in [-0.1, -0.05) is 12.1 Å². The minimum atomic E-state index is -4.57. The van der Waals surface area contributed by atoms with E-state index >= 15 is 0 Å². The van der Waals surface area contributed by atoms with Crippen LogP contribution in [0, 0.1) is 5.92 Å². The summed E-state index contributed by atoms with van der Waals surface area (Å²) in [6.07, 6.45) is -4.57. The Bertz CT molecular complexity index is 575. The number of anilines is 1. The Hall–Kier alpha value is -1.80. The number of hydrogen-bond donors (Lipinski definition) is 3. The van der Waals surface area contributed by atoms with Gasteiger partial charge in [-0.3, -0.25) is 15.1 Å². The van der Waals surface area contributed by atoms with Gasteiger partial charge in [0.25, 0.3) is 0 Å². The monoisotopic (exact) mass is 300 g/mol. The maximum absolute atomic E-state index is 13.2. The molecule has 0 spiro atoms. The zero-order chi connectivity index (χ0) is 15.2. The van der Waals surface area contributed by atoms with Crippen LogP contribution in [0.5, 0.6) is 0 Å². The van der Waals surface area contributed by atoms with E-state index in [1.807, 2.05) is 6.07 Å². The lowest BCUT2D eigenvalue weighted by atomic mass is 9.95. The van der Waals surface area contributed by atoms with Crippen molar-refractivity contribution in [2.75, 3.05) is 12.3 Å². The molecule has 0 aliphatic carbocycles. The number of hydrogen-bond acceptors (Lipinski definition) is 4. The van der Waals surface area contributed by atoms with Crippen molar-refractivity contribution in [2.24, 2.45) is 5.92 Å². The fourth-order valence-electron chi connectivity index (χ4n) is 3.03. The van der Waals surface area contributed by atoms with E-state index in [1.54, 1.807) is 17.0 Å². The summed E-state index contributed by atoms with van der Waals surface area (Å²) in [5, 5.41) is 0. The van der Waals surface area contributed by atoms with Crippen molar-refractivity contribution in [2.45, 2.75) is 25.3 Å². The van der Waals surface area contributed by atoms with Crippen LogP contribution in [-0.2, 0) is 17.9 Å². The second-order valence-corrected chi connectivity index (χ2v) is 5.35. The summed E-state index contributed by atoms with van der Waals surface area (Å²) in [5.74, 6) is -3.07. The third-order valence-corrected chi connectivity index (χ3v) is 4.06. The Labute approximate surface area is 119 Å². The van der Waals surface area contributed by atoms with E-state index in [9.17, 15) is 18.0 Å². The molecule has 2 aliphatic rings. The zero-order valence-electron chi connectivity index (χ0n) is 11.1. The molecule has 0 bridgehead atoms. The number of carbonyl (C=O) groups excluding carboxylic acids is 1. The summed E-state index contributed by atoms with van der Waals surface area (Å²) in [6, 6.07) is 4.43. The number of hydrazine groups is 1. The fourth-order valence-corrected chi connectivity index (χ4v) is 3.03. The van der Waals surface area contributed by atoms with Crippen LogP contribution in [0.4, 0.5) is 18.9 Å². The summed E-state index contributed by atoms with van der Waals surface area (Å²) < 4.78 is 39.5. The second kappa shape index (κ2) is 4.88. The topological polar surface area (TPSA) is 70.4 Å². The normalized spacial score (nSPS) is 26.5. The number of halogens is 3. The number of amides is 1. The molecule has 2 unspecified atom stereocenters. The number of rotatable bonds is 1. The van der Waals surface area contributed by atoms with Crippen LogP contribution in [0.1, 0.15) is 11.1 Å². The first kappa shape index (κ1) is 14.2. The van der Waals surface area contributed by atoms with Gasteiger partial charge in [0.05, 0.1) is 0 Å². The Balaban J connectivity index is 1.87. The largest absolute Gasteiger partial charge is 0.402 e. The molecule has 1 aromatic carbocycles. The van der Waals surface area contributed by atoms with Crippen LogP contribution in [0.2, 0.25) is 0 Å². The summed E-state index contributed by atoms with van der Waals surface area (Å²) in [7, 11) is 0. The number of benzene rings is 1. The van der Waals surface area contributed by atoms with Crippen molar-refractivity contribution in [3.05, 3.63) is 29.3 Å². The predicted octanol–water partition coefficient (Wildman–Crippen LogP) is 0.766. The SMILES string of the molecule is Nc1cccc2c1CN(C1CNNC(=O)C1C(F)(F)F)C2. The fraction of sp³-hybridized carbons (Fsp3) is 0.462. The van der Waals surface area contributed by atoms with E-state index in [1.165, 1.54) is 0 Å². The van der Waals surface area contributed by atoms with Gasteiger partial charge in [0.2, 0.25) is 5.91 Å². The molecular formula is C13H15F3N4O. The van der Waals surface area contributed by atoms with E-state index in [4.69, 9.17) is 5.73 Å². The van der Waals surface area contributed by atoms with Gasteiger partial charge in [0.15, 0.2) is 5.92 Å². The lowest BCUT2D eigenvalue weighted by Crippen LogP contribution is -2.63. The molecule has 1 aromatic rings. The number of alkyl halides is 3. The first-order valence-corrected chi connectivity index (χ1v) is 6.57. The maximum atomic E-state index is 13.2. The summed E-state index contributed by atoms with van der Waals surface area (Å²) in [6.45, 7) is 0.741. The average molecular weight is 300 g/mol. The Morgan fingerprint density at radius 3 is 2.71 bits per heavy atom. The number of fused-ring (bicyclic) bond motifs is 1. The van der Waals surface area contributed by atoms with Gasteiger partial charge in [-0.15, -0.1) is 0 Å². The van der Waals surface area contributed by atoms with E-state index in [2.05, 4.69) is 10.9 Å². The second-order valence-electron chi connectivity index (χ2n) is 5.35. The maximum Gasteiger partial charge on any atom is 0.402 e. The molecule has 21 heavy (non-hydrogen) atoms. The van der Waals surface area contributed by atoms with Crippen LogP contribution in [0.15, 0.2) is 18.2 Å². The number of carbonyl (C=O) groups is 1. The van der Waals surface area contributed by atoms with Crippen molar-refractivity contribution >= 4 is 11.6 Å². The number of nitrogen functional groups attached to an aromatic ring is 1. The molecule has 114 valence electrons. The number of nitrogens with zero attached hydrogens (tertiary/aromatic N) is 1. The Morgan fingerprint density at radius 1 is 1.29 bits per heavy atom. The van der Waals surface area contributed by atoms with E-state index in [-0.39, 0.29) is 6.54 Å². The minimum absolute atomic E-state index is 0.0454. The summed E-state index contributed by atoms with van der Waals surface area (Å²) in [5.41, 5.74) is 12.8. The van der Waals surface area contributed by atoms with Crippen molar-refractivity contribution in [1.82, 2.24) is 15.8 Å². The molecule has 1 saturated heterocycles. The molecule has 0 aromatic heterocycles. The summed E-state index contributed by atoms with van der Waals surface area (Å²) in [4.78, 5) is 13.3. The molecule has 2 aliphatic heterocycles. The first-order valence-electron chi connectivity index (χ1n) is 6.57. The lowest BCUT2D eigenvalue weighted by molar-refractivity contribution is -0.201. The highest BCUT2D eigenvalue weighted by molar-refractivity contribution is 5.80. The highest BCUT2D eigenvalue weighted by Gasteiger charge is 2.53. The molecule has 1 amide bonds. The van der Waals surface area contributed by atoms with Crippen LogP contribution in [0.3, 0.4) is 0 Å². The van der Waals surface area contributed by atoms with Crippen molar-refractivity contribution < 1.29 is 18.0 Å². The van der Waals surface area contributed by atoms with Crippen LogP contribution < -0.4 is 16.6 Å². The van der Waals surface area contributed by atoms with Crippen LogP contribution >= 0.6 is 0 Å². The first-order chi connectivity index (χ1) is 9.88. The average Bonchev–Trinajstić information content (AvgIpc) is 2.82. The molecule has 0 saturated carbocycles. The van der Waals surface area contributed by atoms with Crippen LogP contribution in [0.25, 0.3) is 0 Å². The van der Waals surface area contributed by atoms with Gasteiger partial charge >= 0.3 is 6.18 Å². The van der Waals surface area contributed by atoms with Gasteiger partial charge in [0, 0.05) is 31.4 Å². The zero-order valence-corrected chi connectivity index (χ0v) is 11.1. The van der Waals surface area contributed by atoms with Crippen molar-refractivity contribution in [1.29, 1.82) is 0 Å². The molecule has 4 N–H and O–H groups in total. The molecular weight excluding hydrogens is 285 g/mol. The lowest BCUT2D eigenvalue weighted by Gasteiger charge is -2.38. The number of nitrogens with one attached hydrogen (secondary N) is 2. The highest BCUT2D eigenvalue weighted by atomic mass is 19.4. The van der Waals surface area contributed by atoms with Gasteiger partial charge in [-0.2, -0.15) is 13.2 Å². The van der Waals surface area contributed by atoms with Crippen LogP contribution in [-0.4, -0.2) is 29.6 Å². The third kappa shape index (κ3) is 2.44. The minimum Gasteiger partial charge on any atom is -0.398 e. The standard InChI is InChI=1S/C13H15F3N4O/c14-13(15,16)11-10(4-18-19-12(11)21)20-5-7-2-1-3-9(17)8(7)6-20/h1-3,10-11,18H,4-6,17H2,(H,19,21). The smallest absolute Gasteiger partial charge is 0.398 e. The van der Waals surface area contributed by atoms with E-state index in [0.29, 0.717) is 18.8 Å². The molecule has 2 atom stereocenters. The van der Waals surface area contributed by atoms with Gasteiger partial charge < -0.3 is 5.73 Å². The van der Waals surface area contributed by atoms with Crippen molar-refractivity contribution in [3.63, 3.8) is 0 Å². The summed E-state index contributed by atoms with van der Waals surface area (Å²) >= 11 is 0. The molecule has 1 fully saturated rings. The van der Waals surface area contributed by atoms with Gasteiger partial charge in [0.1, 0.15) is 0 Å². The van der Waals surface area contributed by atoms with E-state index in [0.717, 1.165) is 11.1 Å². The third-order valence-electron chi connectivity index (χ3n) is 4.06. The van der Waals surface area contributed by atoms with Crippen molar-refractivity contribution in [3.8, 4) is 0 Å².